The van der Waals surface area contributed by atoms with Crippen LogP contribution in [0.2, 0.25) is 0 Å². The molecule has 5 aromatic rings. The Balaban J connectivity index is 2.17. The van der Waals surface area contributed by atoms with Crippen LogP contribution < -0.4 is 0 Å². The number of hydrogen-bond donors (Lipinski definition) is 0. The molecule has 0 saturated carbocycles. The standard InChI is InChI=1S/C20H12N2/c1-2-6-14-12-18-17(11-13(14)5-1)15-7-3-9-21-19(15)16-8-4-10-22-20(16)18/h1-12H. The second-order valence-corrected chi connectivity index (χ2v) is 5.54. The molecular formula is C20H12N2. The summed E-state index contributed by atoms with van der Waals surface area (Å²) in [6.45, 7) is 0. The largest absolute Gasteiger partial charge is 0.256 e. The first-order chi connectivity index (χ1) is 10.9. The third-order valence-electron chi connectivity index (χ3n) is 4.30. The topological polar surface area (TPSA) is 25.8 Å². The van der Waals surface area contributed by atoms with Crippen molar-refractivity contribution >= 4 is 43.4 Å². The summed E-state index contributed by atoms with van der Waals surface area (Å²) in [5.74, 6) is 0. The molecule has 5 rings (SSSR count). The van der Waals surface area contributed by atoms with Gasteiger partial charge in [-0.25, -0.2) is 0 Å². The van der Waals surface area contributed by atoms with E-state index >= 15 is 0 Å². The number of fused-ring (bicyclic) bond motifs is 7. The van der Waals surface area contributed by atoms with Gasteiger partial charge in [0.25, 0.3) is 0 Å². The first-order valence-electron chi connectivity index (χ1n) is 7.36. The van der Waals surface area contributed by atoms with E-state index in [2.05, 4.69) is 58.5 Å². The van der Waals surface area contributed by atoms with Gasteiger partial charge >= 0.3 is 0 Å². The summed E-state index contributed by atoms with van der Waals surface area (Å²) in [7, 11) is 0. The van der Waals surface area contributed by atoms with E-state index in [1.54, 1.807) is 0 Å². The lowest BCUT2D eigenvalue weighted by molar-refractivity contribution is 1.40. The second-order valence-electron chi connectivity index (χ2n) is 5.54. The van der Waals surface area contributed by atoms with Crippen LogP contribution in [0.5, 0.6) is 0 Å². The third kappa shape index (κ3) is 1.49. The van der Waals surface area contributed by atoms with Gasteiger partial charge < -0.3 is 0 Å². The van der Waals surface area contributed by atoms with Crippen molar-refractivity contribution in [1.82, 2.24) is 9.97 Å². The Morgan fingerprint density at radius 3 is 1.82 bits per heavy atom. The fourth-order valence-electron chi connectivity index (χ4n) is 3.31. The van der Waals surface area contributed by atoms with E-state index < -0.39 is 0 Å². The molecule has 2 nitrogen and oxygen atoms in total. The van der Waals surface area contributed by atoms with Crippen molar-refractivity contribution in [2.45, 2.75) is 0 Å². The van der Waals surface area contributed by atoms with E-state index in [9.17, 15) is 0 Å². The highest BCUT2D eigenvalue weighted by atomic mass is 14.7. The third-order valence-corrected chi connectivity index (χ3v) is 4.30. The van der Waals surface area contributed by atoms with Gasteiger partial charge in [-0.2, -0.15) is 0 Å². The van der Waals surface area contributed by atoms with Crippen LogP contribution in [0, 0.1) is 0 Å². The number of pyridine rings is 2. The van der Waals surface area contributed by atoms with Gasteiger partial charge in [0.05, 0.1) is 11.0 Å². The molecule has 22 heavy (non-hydrogen) atoms. The molecule has 0 aliphatic rings. The average Bonchev–Trinajstić information content (AvgIpc) is 2.61. The molecule has 102 valence electrons. The molecule has 0 aliphatic heterocycles. The summed E-state index contributed by atoms with van der Waals surface area (Å²) in [4.78, 5) is 9.23. The number of aromatic nitrogens is 2. The van der Waals surface area contributed by atoms with Crippen molar-refractivity contribution in [2.24, 2.45) is 0 Å². The minimum absolute atomic E-state index is 1.02. The number of rotatable bonds is 0. The van der Waals surface area contributed by atoms with E-state index in [-0.39, 0.29) is 0 Å². The Bertz CT molecular complexity index is 1080. The Morgan fingerprint density at radius 1 is 0.500 bits per heavy atom. The van der Waals surface area contributed by atoms with Crippen molar-refractivity contribution in [1.29, 1.82) is 0 Å². The summed E-state index contributed by atoms with van der Waals surface area (Å²) in [5, 5.41) is 7.19. The maximum Gasteiger partial charge on any atom is 0.0802 e. The highest BCUT2D eigenvalue weighted by Gasteiger charge is 2.10. The smallest absolute Gasteiger partial charge is 0.0802 e. The molecule has 0 saturated heterocycles. The van der Waals surface area contributed by atoms with Crippen LogP contribution >= 0.6 is 0 Å². The van der Waals surface area contributed by atoms with E-state index in [0.29, 0.717) is 0 Å². The highest BCUT2D eigenvalue weighted by molar-refractivity contribution is 6.25. The van der Waals surface area contributed by atoms with Crippen LogP contribution in [-0.2, 0) is 0 Å². The van der Waals surface area contributed by atoms with Crippen molar-refractivity contribution in [2.75, 3.05) is 0 Å². The lowest BCUT2D eigenvalue weighted by Gasteiger charge is -2.10. The highest BCUT2D eigenvalue weighted by Crippen LogP contribution is 2.34. The zero-order chi connectivity index (χ0) is 14.5. The molecule has 0 unspecified atom stereocenters. The van der Waals surface area contributed by atoms with Gasteiger partial charge in [0.2, 0.25) is 0 Å². The zero-order valence-electron chi connectivity index (χ0n) is 11.8. The monoisotopic (exact) mass is 280 g/mol. The van der Waals surface area contributed by atoms with Crippen LogP contribution in [-0.4, -0.2) is 9.97 Å². The van der Waals surface area contributed by atoms with Crippen molar-refractivity contribution in [3.8, 4) is 0 Å². The molecule has 0 radical (unpaired) electrons. The Morgan fingerprint density at radius 2 is 1.09 bits per heavy atom. The van der Waals surface area contributed by atoms with Crippen LogP contribution in [0.3, 0.4) is 0 Å². The van der Waals surface area contributed by atoms with Gasteiger partial charge in [-0.1, -0.05) is 30.3 Å². The summed E-state index contributed by atoms with van der Waals surface area (Å²) < 4.78 is 0. The molecule has 3 aromatic carbocycles. The van der Waals surface area contributed by atoms with E-state index in [0.717, 1.165) is 16.4 Å². The molecule has 0 atom stereocenters. The quantitative estimate of drug-likeness (QED) is 0.292. The number of hydrogen-bond acceptors (Lipinski definition) is 2. The molecule has 0 amide bonds. The summed E-state index contributed by atoms with van der Waals surface area (Å²) in [6.07, 6.45) is 3.70. The minimum Gasteiger partial charge on any atom is -0.256 e. The summed E-state index contributed by atoms with van der Waals surface area (Å²) >= 11 is 0. The molecular weight excluding hydrogens is 268 g/mol. The van der Waals surface area contributed by atoms with Crippen molar-refractivity contribution < 1.29 is 0 Å². The molecule has 0 fully saturated rings. The zero-order valence-corrected chi connectivity index (χ0v) is 11.8. The maximum atomic E-state index is 4.63. The van der Waals surface area contributed by atoms with Gasteiger partial charge in [0, 0.05) is 28.6 Å². The lowest BCUT2D eigenvalue weighted by atomic mass is 9.97. The van der Waals surface area contributed by atoms with Crippen LogP contribution in [0.15, 0.2) is 73.1 Å². The first-order valence-corrected chi connectivity index (χ1v) is 7.36. The van der Waals surface area contributed by atoms with E-state index in [1.165, 1.54) is 26.9 Å². The predicted molar refractivity (Wildman–Crippen MR) is 92.1 cm³/mol. The molecule has 0 aliphatic carbocycles. The lowest BCUT2D eigenvalue weighted by Crippen LogP contribution is -1.88. The fourth-order valence-corrected chi connectivity index (χ4v) is 3.31. The maximum absolute atomic E-state index is 4.63. The van der Waals surface area contributed by atoms with E-state index in [1.807, 2.05) is 24.5 Å². The molecule has 2 aromatic heterocycles. The Hall–Kier alpha value is -3.00. The van der Waals surface area contributed by atoms with Crippen LogP contribution in [0.1, 0.15) is 0 Å². The molecule has 2 heteroatoms. The minimum atomic E-state index is 1.02. The Labute approximate surface area is 127 Å². The van der Waals surface area contributed by atoms with Crippen LogP contribution in [0.25, 0.3) is 43.4 Å². The first kappa shape index (κ1) is 11.6. The van der Waals surface area contributed by atoms with Gasteiger partial charge in [0.1, 0.15) is 0 Å². The average molecular weight is 280 g/mol. The molecule has 0 spiro atoms. The number of benzene rings is 3. The molecule has 0 N–H and O–H groups in total. The second kappa shape index (κ2) is 4.25. The number of nitrogens with zero attached hydrogens (tertiary/aromatic N) is 2. The SMILES string of the molecule is c1ccc2cc3c(cc2c1)c1cccnc1c1cccnc31. The van der Waals surface area contributed by atoms with Gasteiger partial charge in [-0.3, -0.25) is 9.97 Å². The van der Waals surface area contributed by atoms with Gasteiger partial charge in [-0.05, 0) is 46.5 Å². The summed E-state index contributed by atoms with van der Waals surface area (Å²) in [5.41, 5.74) is 2.04. The predicted octanol–water partition coefficient (Wildman–Crippen LogP) is 5.09. The van der Waals surface area contributed by atoms with Crippen molar-refractivity contribution in [3.63, 3.8) is 0 Å². The fraction of sp³-hybridized carbons (Fsp3) is 0. The normalized spacial score (nSPS) is 11.6. The van der Waals surface area contributed by atoms with Crippen molar-refractivity contribution in [3.05, 3.63) is 73.1 Å². The van der Waals surface area contributed by atoms with E-state index in [4.69, 9.17) is 0 Å². The van der Waals surface area contributed by atoms with Crippen LogP contribution in [0.4, 0.5) is 0 Å². The van der Waals surface area contributed by atoms with Gasteiger partial charge in [-0.15, -0.1) is 0 Å². The molecule has 0 bridgehead atoms. The van der Waals surface area contributed by atoms with Gasteiger partial charge in [0.15, 0.2) is 0 Å². The molecule has 2 heterocycles. The Kier molecular flexibility index (Phi) is 2.25. The summed E-state index contributed by atoms with van der Waals surface area (Å²) in [6, 6.07) is 21.2.